The molecule has 4 heteroatoms. The average molecular weight is 300 g/mol. The van der Waals surface area contributed by atoms with E-state index in [0.29, 0.717) is 0 Å². The Morgan fingerprint density at radius 2 is 1.33 bits per heavy atom. The second-order valence-corrected chi connectivity index (χ2v) is 5.94. The fraction of sp³-hybridized carbons (Fsp3) is 0.882. The van der Waals surface area contributed by atoms with Gasteiger partial charge in [0.2, 0.25) is 0 Å². The molecule has 0 fully saturated rings. The first-order chi connectivity index (χ1) is 9.90. The zero-order valence-electron chi connectivity index (χ0n) is 14.3. The molecule has 0 saturated carbocycles. The van der Waals surface area contributed by atoms with Gasteiger partial charge in [0.1, 0.15) is 0 Å². The van der Waals surface area contributed by atoms with Gasteiger partial charge in [-0.05, 0) is 26.7 Å². The van der Waals surface area contributed by atoms with Gasteiger partial charge in [0, 0.05) is 0 Å². The number of rotatable bonds is 11. The number of hydrogen-bond acceptors (Lipinski definition) is 4. The summed E-state index contributed by atoms with van der Waals surface area (Å²) in [6.07, 6.45) is 5.92. The van der Waals surface area contributed by atoms with Crippen molar-refractivity contribution in [1.29, 1.82) is 0 Å². The third kappa shape index (κ3) is 10.3. The number of ether oxygens (including phenoxy) is 2. The molecule has 3 unspecified atom stereocenters. The normalized spacial score (nSPS) is 15.1. The summed E-state index contributed by atoms with van der Waals surface area (Å²) in [5.74, 6) is -1.07. The van der Waals surface area contributed by atoms with E-state index in [-0.39, 0.29) is 30.6 Å². The van der Waals surface area contributed by atoms with E-state index in [1.54, 1.807) is 6.92 Å². The summed E-state index contributed by atoms with van der Waals surface area (Å²) >= 11 is 0. The highest BCUT2D eigenvalue weighted by atomic mass is 16.5. The lowest BCUT2D eigenvalue weighted by atomic mass is 10.1. The van der Waals surface area contributed by atoms with Crippen molar-refractivity contribution in [1.82, 2.24) is 0 Å². The fourth-order valence-corrected chi connectivity index (χ4v) is 2.02. The van der Waals surface area contributed by atoms with Crippen molar-refractivity contribution in [2.75, 3.05) is 0 Å². The van der Waals surface area contributed by atoms with Gasteiger partial charge in [-0.1, -0.05) is 46.5 Å². The van der Waals surface area contributed by atoms with Gasteiger partial charge in [-0.3, -0.25) is 9.59 Å². The summed E-state index contributed by atoms with van der Waals surface area (Å²) < 4.78 is 10.6. The molecule has 0 aromatic heterocycles. The van der Waals surface area contributed by atoms with Crippen LogP contribution in [0.25, 0.3) is 0 Å². The largest absolute Gasteiger partial charge is 0.463 e. The molecule has 0 heterocycles. The van der Waals surface area contributed by atoms with Crippen LogP contribution in [0.4, 0.5) is 0 Å². The maximum atomic E-state index is 11.9. The maximum absolute atomic E-state index is 11.9. The minimum absolute atomic E-state index is 0.0795. The van der Waals surface area contributed by atoms with Gasteiger partial charge in [0.05, 0.1) is 24.5 Å². The molecular weight excluding hydrogens is 268 g/mol. The molecule has 4 nitrogen and oxygen atoms in total. The lowest BCUT2D eigenvalue weighted by Gasteiger charge is -2.17. The molecule has 0 N–H and O–H groups in total. The van der Waals surface area contributed by atoms with E-state index < -0.39 is 5.92 Å². The van der Waals surface area contributed by atoms with Gasteiger partial charge in [-0.2, -0.15) is 0 Å². The molecule has 0 amide bonds. The highest BCUT2D eigenvalue weighted by Crippen LogP contribution is 2.13. The van der Waals surface area contributed by atoms with Crippen molar-refractivity contribution in [3.63, 3.8) is 0 Å². The summed E-state index contributed by atoms with van der Waals surface area (Å²) in [7, 11) is 0. The van der Waals surface area contributed by atoms with Crippen LogP contribution in [0.15, 0.2) is 0 Å². The predicted octanol–water partition coefficient (Wildman–Crippen LogP) is 4.26. The van der Waals surface area contributed by atoms with Gasteiger partial charge >= 0.3 is 11.9 Å². The van der Waals surface area contributed by atoms with Crippen molar-refractivity contribution >= 4 is 11.9 Å². The Kier molecular flexibility index (Phi) is 11.0. The molecule has 0 aliphatic rings. The summed E-state index contributed by atoms with van der Waals surface area (Å²) in [5, 5.41) is 0. The lowest BCUT2D eigenvalue weighted by Crippen LogP contribution is -2.25. The van der Waals surface area contributed by atoms with Gasteiger partial charge in [-0.25, -0.2) is 0 Å². The highest BCUT2D eigenvalue weighted by Gasteiger charge is 2.22. The van der Waals surface area contributed by atoms with Crippen LogP contribution in [0.5, 0.6) is 0 Å². The first-order valence-corrected chi connectivity index (χ1v) is 8.30. The SMILES string of the molecule is CCCCC(C)OC(=O)CC(C)C(=O)OC(C)CCCC. The van der Waals surface area contributed by atoms with Gasteiger partial charge in [0.25, 0.3) is 0 Å². The van der Waals surface area contributed by atoms with E-state index >= 15 is 0 Å². The van der Waals surface area contributed by atoms with Crippen molar-refractivity contribution < 1.29 is 19.1 Å². The first kappa shape index (κ1) is 19.9. The zero-order chi connectivity index (χ0) is 16.3. The van der Waals surface area contributed by atoms with Crippen LogP contribution < -0.4 is 0 Å². The van der Waals surface area contributed by atoms with E-state index in [4.69, 9.17) is 9.47 Å². The summed E-state index contributed by atoms with van der Waals surface area (Å²) in [6, 6.07) is 0. The van der Waals surface area contributed by atoms with Crippen LogP contribution in [0.3, 0.4) is 0 Å². The van der Waals surface area contributed by atoms with Crippen LogP contribution in [0, 0.1) is 5.92 Å². The minimum Gasteiger partial charge on any atom is -0.463 e. The average Bonchev–Trinajstić information content (AvgIpc) is 2.42. The van der Waals surface area contributed by atoms with Crippen LogP contribution >= 0.6 is 0 Å². The molecule has 0 aliphatic heterocycles. The van der Waals surface area contributed by atoms with E-state index in [1.165, 1.54) is 0 Å². The molecular formula is C17H32O4. The Morgan fingerprint density at radius 1 is 0.857 bits per heavy atom. The standard InChI is InChI=1S/C17H32O4/c1-6-8-10-14(4)20-16(18)12-13(3)17(19)21-15(5)11-9-7-2/h13-15H,6-12H2,1-5H3. The Hall–Kier alpha value is -1.06. The third-order valence-electron chi connectivity index (χ3n) is 3.45. The quantitative estimate of drug-likeness (QED) is 0.535. The number of hydrogen-bond donors (Lipinski definition) is 0. The van der Waals surface area contributed by atoms with E-state index in [1.807, 2.05) is 13.8 Å². The van der Waals surface area contributed by atoms with Gasteiger partial charge in [0.15, 0.2) is 0 Å². The summed E-state index contributed by atoms with van der Waals surface area (Å²) in [4.78, 5) is 23.6. The fourth-order valence-electron chi connectivity index (χ4n) is 2.02. The lowest BCUT2D eigenvalue weighted by molar-refractivity contribution is -0.159. The molecule has 0 radical (unpaired) electrons. The Balaban J connectivity index is 4.01. The highest BCUT2D eigenvalue weighted by molar-refractivity contribution is 5.79. The number of unbranched alkanes of at least 4 members (excludes halogenated alkanes) is 2. The van der Waals surface area contributed by atoms with Crippen molar-refractivity contribution in [2.24, 2.45) is 5.92 Å². The summed E-state index contributed by atoms with van der Waals surface area (Å²) in [6.45, 7) is 9.71. The van der Waals surface area contributed by atoms with E-state index in [9.17, 15) is 9.59 Å². The number of carbonyl (C=O) groups excluding carboxylic acids is 2. The molecule has 0 aromatic carbocycles. The van der Waals surface area contributed by atoms with Gasteiger partial charge in [-0.15, -0.1) is 0 Å². The predicted molar refractivity (Wildman–Crippen MR) is 83.9 cm³/mol. The third-order valence-corrected chi connectivity index (χ3v) is 3.45. The van der Waals surface area contributed by atoms with E-state index in [2.05, 4.69) is 13.8 Å². The van der Waals surface area contributed by atoms with Crippen LogP contribution in [-0.2, 0) is 19.1 Å². The van der Waals surface area contributed by atoms with Crippen molar-refractivity contribution in [3.8, 4) is 0 Å². The number of esters is 2. The second kappa shape index (κ2) is 11.6. The molecule has 0 bridgehead atoms. The maximum Gasteiger partial charge on any atom is 0.309 e. The Morgan fingerprint density at radius 3 is 1.81 bits per heavy atom. The molecule has 0 aromatic rings. The smallest absolute Gasteiger partial charge is 0.309 e. The van der Waals surface area contributed by atoms with E-state index in [0.717, 1.165) is 38.5 Å². The van der Waals surface area contributed by atoms with Crippen molar-refractivity contribution in [3.05, 3.63) is 0 Å². The molecule has 0 saturated heterocycles. The molecule has 0 spiro atoms. The van der Waals surface area contributed by atoms with Crippen LogP contribution in [0.2, 0.25) is 0 Å². The minimum atomic E-state index is -0.444. The van der Waals surface area contributed by atoms with Crippen LogP contribution in [-0.4, -0.2) is 24.1 Å². The van der Waals surface area contributed by atoms with Gasteiger partial charge < -0.3 is 9.47 Å². The Bertz CT molecular complexity index is 301. The topological polar surface area (TPSA) is 52.6 Å². The number of carbonyl (C=O) groups is 2. The Labute approximate surface area is 129 Å². The molecule has 0 aliphatic carbocycles. The first-order valence-electron chi connectivity index (χ1n) is 8.30. The molecule has 21 heavy (non-hydrogen) atoms. The molecule has 0 rings (SSSR count). The molecule has 124 valence electrons. The molecule has 3 atom stereocenters. The second-order valence-electron chi connectivity index (χ2n) is 5.94. The summed E-state index contributed by atoms with van der Waals surface area (Å²) in [5.41, 5.74) is 0. The van der Waals surface area contributed by atoms with Crippen molar-refractivity contribution in [2.45, 2.75) is 91.8 Å². The van der Waals surface area contributed by atoms with Crippen LogP contribution in [0.1, 0.15) is 79.6 Å². The zero-order valence-corrected chi connectivity index (χ0v) is 14.3. The monoisotopic (exact) mass is 300 g/mol.